The van der Waals surface area contributed by atoms with Gasteiger partial charge in [-0.2, -0.15) is 0 Å². The molecule has 0 spiro atoms. The quantitative estimate of drug-likeness (QED) is 0.255. The lowest BCUT2D eigenvalue weighted by atomic mass is 10.0. The van der Waals surface area contributed by atoms with Crippen LogP contribution in [0.1, 0.15) is 11.1 Å². The minimum atomic E-state index is 0.980. The Morgan fingerprint density at radius 1 is 0.593 bits per heavy atom. The van der Waals surface area contributed by atoms with Crippen molar-refractivity contribution < 1.29 is 0 Å². The Hall–Kier alpha value is -2.59. The number of halogens is 1. The highest BCUT2D eigenvalue weighted by Gasteiger charge is 2.26. The third-order valence-electron chi connectivity index (χ3n) is 5.16. The Labute approximate surface area is 173 Å². The van der Waals surface area contributed by atoms with E-state index in [1.165, 1.54) is 42.9 Å². The molecule has 0 radical (unpaired) electrons. The predicted molar refractivity (Wildman–Crippen MR) is 122 cm³/mol. The number of hydrogen-bond acceptors (Lipinski definition) is 1. The third kappa shape index (κ3) is 2.85. The molecule has 5 rings (SSSR count). The normalized spacial score (nSPS) is 11.7. The maximum atomic E-state index is 2.48. The van der Waals surface area contributed by atoms with Crippen molar-refractivity contribution >= 4 is 39.7 Å². The van der Waals surface area contributed by atoms with Crippen molar-refractivity contribution in [1.29, 1.82) is 0 Å². The summed E-state index contributed by atoms with van der Waals surface area (Å²) in [5.41, 5.74) is 9.22. The average Bonchev–Trinajstić information content (AvgIpc) is 3.10. The van der Waals surface area contributed by atoms with Crippen molar-refractivity contribution in [2.45, 2.75) is 6.42 Å². The molecule has 0 unspecified atom stereocenters. The SMILES string of the molecule is Ic1ccc2c(c1N(c1ccccc1)c1ccccc1)Cc1ccccc1-2. The van der Waals surface area contributed by atoms with Crippen molar-refractivity contribution in [2.24, 2.45) is 0 Å². The van der Waals surface area contributed by atoms with Gasteiger partial charge in [0.2, 0.25) is 0 Å². The molecule has 0 bridgehead atoms. The maximum absolute atomic E-state index is 2.48. The molecule has 0 atom stereocenters. The lowest BCUT2D eigenvalue weighted by Gasteiger charge is -2.28. The van der Waals surface area contributed by atoms with E-state index in [-0.39, 0.29) is 0 Å². The summed E-state index contributed by atoms with van der Waals surface area (Å²) >= 11 is 2.48. The first-order valence-corrected chi connectivity index (χ1v) is 10.2. The monoisotopic (exact) mass is 459 g/mol. The lowest BCUT2D eigenvalue weighted by molar-refractivity contribution is 1.19. The Bertz CT molecular complexity index is 1060. The number of para-hydroxylation sites is 2. The number of benzene rings is 4. The largest absolute Gasteiger partial charge is 0.309 e. The lowest BCUT2D eigenvalue weighted by Crippen LogP contribution is -2.13. The number of hydrogen-bond donors (Lipinski definition) is 0. The summed E-state index contributed by atoms with van der Waals surface area (Å²) in [6, 6.07) is 34.6. The van der Waals surface area contributed by atoms with Crippen LogP contribution in [0.4, 0.5) is 17.1 Å². The van der Waals surface area contributed by atoms with Gasteiger partial charge >= 0.3 is 0 Å². The second kappa shape index (κ2) is 6.86. The minimum Gasteiger partial charge on any atom is -0.309 e. The fourth-order valence-electron chi connectivity index (χ4n) is 3.97. The zero-order chi connectivity index (χ0) is 18.2. The zero-order valence-electron chi connectivity index (χ0n) is 14.8. The standard InChI is InChI=1S/C25H18IN/c26-24-16-15-22-21-14-8-7-9-18(21)17-23(22)25(24)27(19-10-3-1-4-11-19)20-12-5-2-6-13-20/h1-16H,17H2. The molecule has 1 aliphatic rings. The molecule has 0 fully saturated rings. The molecule has 2 heteroatoms. The van der Waals surface area contributed by atoms with E-state index < -0.39 is 0 Å². The van der Waals surface area contributed by atoms with Gasteiger partial charge in [0.1, 0.15) is 0 Å². The van der Waals surface area contributed by atoms with Crippen LogP contribution < -0.4 is 4.90 Å². The van der Waals surface area contributed by atoms with Gasteiger partial charge in [0.25, 0.3) is 0 Å². The van der Waals surface area contributed by atoms with E-state index in [2.05, 4.69) is 125 Å². The Kier molecular flexibility index (Phi) is 4.21. The molecule has 0 N–H and O–H groups in total. The highest BCUT2D eigenvalue weighted by Crippen LogP contribution is 2.47. The van der Waals surface area contributed by atoms with Gasteiger partial charge in [-0.15, -0.1) is 0 Å². The molecule has 1 nitrogen and oxygen atoms in total. The summed E-state index contributed by atoms with van der Waals surface area (Å²) in [4.78, 5) is 2.40. The Balaban J connectivity index is 1.77. The number of rotatable bonds is 3. The zero-order valence-corrected chi connectivity index (χ0v) is 16.9. The van der Waals surface area contributed by atoms with Crippen LogP contribution in [0.25, 0.3) is 11.1 Å². The molecule has 0 saturated carbocycles. The van der Waals surface area contributed by atoms with Gasteiger partial charge < -0.3 is 4.90 Å². The molecular formula is C25H18IN. The molecule has 0 heterocycles. The summed E-state index contributed by atoms with van der Waals surface area (Å²) in [5.74, 6) is 0. The van der Waals surface area contributed by atoms with Crippen LogP contribution in [0.3, 0.4) is 0 Å². The summed E-state index contributed by atoms with van der Waals surface area (Å²) in [5, 5.41) is 0. The molecule has 0 saturated heterocycles. The summed E-state index contributed by atoms with van der Waals surface area (Å²) in [6.07, 6.45) is 0.980. The van der Waals surface area contributed by atoms with Crippen molar-refractivity contribution in [3.8, 4) is 11.1 Å². The maximum Gasteiger partial charge on any atom is 0.0636 e. The minimum absolute atomic E-state index is 0.980. The summed E-state index contributed by atoms with van der Waals surface area (Å²) in [7, 11) is 0. The molecule has 1 aliphatic carbocycles. The number of fused-ring (bicyclic) bond motifs is 3. The van der Waals surface area contributed by atoms with Gasteiger partial charge in [-0.05, 0) is 75.2 Å². The van der Waals surface area contributed by atoms with Crippen LogP contribution in [0.5, 0.6) is 0 Å². The van der Waals surface area contributed by atoms with Gasteiger partial charge in [0.15, 0.2) is 0 Å². The molecule has 4 aromatic rings. The second-order valence-corrected chi connectivity index (χ2v) is 7.92. The van der Waals surface area contributed by atoms with Crippen LogP contribution in [-0.2, 0) is 6.42 Å². The van der Waals surface area contributed by atoms with E-state index in [0.29, 0.717) is 0 Å². The van der Waals surface area contributed by atoms with Crippen LogP contribution in [0.2, 0.25) is 0 Å². The molecule has 27 heavy (non-hydrogen) atoms. The van der Waals surface area contributed by atoms with Crippen LogP contribution in [0.15, 0.2) is 97.1 Å². The fourth-order valence-corrected chi connectivity index (χ4v) is 4.72. The van der Waals surface area contributed by atoms with Gasteiger partial charge in [-0.25, -0.2) is 0 Å². The third-order valence-corrected chi connectivity index (χ3v) is 6.03. The predicted octanol–water partition coefficient (Wildman–Crippen LogP) is 7.33. The van der Waals surface area contributed by atoms with E-state index in [9.17, 15) is 0 Å². The summed E-state index contributed by atoms with van der Waals surface area (Å²) in [6.45, 7) is 0. The highest BCUT2D eigenvalue weighted by molar-refractivity contribution is 14.1. The van der Waals surface area contributed by atoms with Crippen LogP contribution >= 0.6 is 22.6 Å². The topological polar surface area (TPSA) is 3.24 Å². The molecule has 130 valence electrons. The molecule has 4 aromatic carbocycles. The van der Waals surface area contributed by atoms with Crippen molar-refractivity contribution in [3.05, 3.63) is 112 Å². The van der Waals surface area contributed by atoms with Crippen LogP contribution in [0, 0.1) is 3.57 Å². The van der Waals surface area contributed by atoms with Gasteiger partial charge in [0, 0.05) is 21.4 Å². The Morgan fingerprint density at radius 3 is 1.85 bits per heavy atom. The molecule has 0 aliphatic heterocycles. The van der Waals surface area contributed by atoms with Gasteiger partial charge in [0.05, 0.1) is 5.69 Å². The van der Waals surface area contributed by atoms with Gasteiger partial charge in [-0.1, -0.05) is 66.7 Å². The molecule has 0 amide bonds. The van der Waals surface area contributed by atoms with E-state index >= 15 is 0 Å². The molecular weight excluding hydrogens is 441 g/mol. The van der Waals surface area contributed by atoms with E-state index in [1.54, 1.807) is 0 Å². The number of anilines is 3. The smallest absolute Gasteiger partial charge is 0.0636 e. The van der Waals surface area contributed by atoms with Crippen molar-refractivity contribution in [3.63, 3.8) is 0 Å². The summed E-state index contributed by atoms with van der Waals surface area (Å²) < 4.78 is 1.27. The first kappa shape index (κ1) is 16.6. The number of nitrogens with zero attached hydrogens (tertiary/aromatic N) is 1. The van der Waals surface area contributed by atoms with Crippen molar-refractivity contribution in [1.82, 2.24) is 0 Å². The van der Waals surface area contributed by atoms with E-state index in [0.717, 1.165) is 6.42 Å². The van der Waals surface area contributed by atoms with E-state index in [1.807, 2.05) is 0 Å². The van der Waals surface area contributed by atoms with Crippen molar-refractivity contribution in [2.75, 3.05) is 4.90 Å². The van der Waals surface area contributed by atoms with E-state index in [4.69, 9.17) is 0 Å². The first-order valence-electron chi connectivity index (χ1n) is 9.13. The second-order valence-electron chi connectivity index (χ2n) is 6.76. The molecule has 0 aromatic heterocycles. The average molecular weight is 459 g/mol. The van der Waals surface area contributed by atoms with Gasteiger partial charge in [-0.3, -0.25) is 0 Å². The highest BCUT2D eigenvalue weighted by atomic mass is 127. The van der Waals surface area contributed by atoms with Crippen LogP contribution in [-0.4, -0.2) is 0 Å². The fraction of sp³-hybridized carbons (Fsp3) is 0.0400. The Morgan fingerprint density at radius 2 is 1.19 bits per heavy atom. The first-order chi connectivity index (χ1) is 13.3.